The van der Waals surface area contributed by atoms with Crippen LogP contribution in [0.2, 0.25) is 0 Å². The van der Waals surface area contributed by atoms with E-state index in [4.69, 9.17) is 0 Å². The van der Waals surface area contributed by atoms with Crippen LogP contribution in [0, 0.1) is 11.3 Å². The number of hydrogen-bond donors (Lipinski definition) is 0. The van der Waals surface area contributed by atoms with Crippen LogP contribution in [-0.2, 0) is 0 Å². The largest absolute Gasteiger partial charge is 0.310 e. The quantitative estimate of drug-likeness (QED) is 0.150. The first-order chi connectivity index (χ1) is 32.2. The summed E-state index contributed by atoms with van der Waals surface area (Å²) in [6, 6.07) is 89.7. The summed E-state index contributed by atoms with van der Waals surface area (Å²) in [5.74, 6) is 0. The topological polar surface area (TPSA) is 27.0 Å². The number of hydrogen-bond acceptors (Lipinski definition) is 2. The molecular formula is C63H40N2. The van der Waals surface area contributed by atoms with Crippen LogP contribution in [0.5, 0.6) is 0 Å². The summed E-state index contributed by atoms with van der Waals surface area (Å²) in [6.07, 6.45) is 0. The molecule has 0 radical (unpaired) electrons. The SMILES string of the molecule is N#Cc1ccc(N(c2ccc(-c3ccc(-c4ccc5c(-c6cccc7ccccc67)c6ccccc6c(-c6cccc7ccccc67)c5c4)cc3)cc2)c2ccc3ccccc3c2)cc1. The first kappa shape index (κ1) is 37.9. The zero-order valence-corrected chi connectivity index (χ0v) is 35.5. The Hall–Kier alpha value is -8.77. The molecular weight excluding hydrogens is 785 g/mol. The average molecular weight is 825 g/mol. The zero-order valence-electron chi connectivity index (χ0n) is 35.5. The lowest BCUT2D eigenvalue weighted by atomic mass is 9.83. The molecule has 12 rings (SSSR count). The first-order valence-corrected chi connectivity index (χ1v) is 22.1. The molecule has 302 valence electrons. The molecule has 0 fully saturated rings. The van der Waals surface area contributed by atoms with E-state index in [9.17, 15) is 5.26 Å². The number of nitrogens with zero attached hydrogens (tertiary/aromatic N) is 2. The molecule has 0 atom stereocenters. The van der Waals surface area contributed by atoms with Crippen molar-refractivity contribution in [1.29, 1.82) is 5.26 Å². The third-order valence-corrected chi connectivity index (χ3v) is 13.1. The van der Waals surface area contributed by atoms with Crippen molar-refractivity contribution in [3.05, 3.63) is 248 Å². The highest BCUT2D eigenvalue weighted by molar-refractivity contribution is 6.25. The number of rotatable bonds is 7. The standard InChI is InChI=1S/C63H40N2/c64-41-42-23-33-51(34-24-42)65(53-37-31-43-11-1-2-14-49(43)39-53)52-35-29-45(30-36-52)44-25-27-46(28-26-44)50-32-38-60-61(40-50)63(57-22-10-16-48-13-4-6-18-55(48)57)59-20-8-7-19-58(59)62(60)56-21-9-15-47-12-3-5-17-54(47)56/h1-40H. The number of anilines is 3. The molecule has 0 aromatic heterocycles. The van der Waals surface area contributed by atoms with Gasteiger partial charge in [-0.25, -0.2) is 0 Å². The Balaban J connectivity index is 0.967. The molecule has 0 heterocycles. The minimum absolute atomic E-state index is 0.638. The second-order valence-corrected chi connectivity index (χ2v) is 16.8. The second kappa shape index (κ2) is 15.9. The van der Waals surface area contributed by atoms with Gasteiger partial charge in [0, 0.05) is 17.1 Å². The minimum Gasteiger partial charge on any atom is -0.310 e. The van der Waals surface area contributed by atoms with Gasteiger partial charge in [0.25, 0.3) is 0 Å². The van der Waals surface area contributed by atoms with Gasteiger partial charge in [-0.1, -0.05) is 188 Å². The highest BCUT2D eigenvalue weighted by Gasteiger charge is 2.20. The van der Waals surface area contributed by atoms with Gasteiger partial charge in [-0.3, -0.25) is 0 Å². The molecule has 12 aromatic carbocycles. The first-order valence-electron chi connectivity index (χ1n) is 22.1. The fourth-order valence-corrected chi connectivity index (χ4v) is 9.93. The molecule has 0 saturated heterocycles. The van der Waals surface area contributed by atoms with Crippen LogP contribution in [0.4, 0.5) is 17.1 Å². The van der Waals surface area contributed by atoms with E-state index in [1.165, 1.54) is 87.2 Å². The molecule has 0 N–H and O–H groups in total. The number of fused-ring (bicyclic) bond motifs is 5. The molecule has 2 nitrogen and oxygen atoms in total. The van der Waals surface area contributed by atoms with Gasteiger partial charge in [-0.05, 0) is 153 Å². The number of nitriles is 1. The lowest BCUT2D eigenvalue weighted by Crippen LogP contribution is -2.09. The van der Waals surface area contributed by atoms with Gasteiger partial charge in [-0.15, -0.1) is 0 Å². The molecule has 0 aliphatic heterocycles. The summed E-state index contributed by atoms with van der Waals surface area (Å²) in [6.45, 7) is 0. The summed E-state index contributed by atoms with van der Waals surface area (Å²) in [5.41, 5.74) is 13.4. The van der Waals surface area contributed by atoms with Crippen LogP contribution in [-0.4, -0.2) is 0 Å². The average Bonchev–Trinajstić information content (AvgIpc) is 3.38. The van der Waals surface area contributed by atoms with Crippen molar-refractivity contribution in [2.45, 2.75) is 0 Å². The van der Waals surface area contributed by atoms with Crippen LogP contribution >= 0.6 is 0 Å². The van der Waals surface area contributed by atoms with E-state index in [1.807, 2.05) is 24.3 Å². The van der Waals surface area contributed by atoms with E-state index in [-0.39, 0.29) is 0 Å². The fourth-order valence-electron chi connectivity index (χ4n) is 9.93. The highest BCUT2D eigenvalue weighted by atomic mass is 15.1. The van der Waals surface area contributed by atoms with Crippen molar-refractivity contribution in [3.8, 4) is 50.6 Å². The molecule has 2 heteroatoms. The van der Waals surface area contributed by atoms with Crippen molar-refractivity contribution < 1.29 is 0 Å². The van der Waals surface area contributed by atoms with Crippen molar-refractivity contribution in [3.63, 3.8) is 0 Å². The van der Waals surface area contributed by atoms with E-state index < -0.39 is 0 Å². The fraction of sp³-hybridized carbons (Fsp3) is 0. The third-order valence-electron chi connectivity index (χ3n) is 13.1. The Morgan fingerprint density at radius 2 is 0.692 bits per heavy atom. The van der Waals surface area contributed by atoms with Crippen molar-refractivity contribution in [2.75, 3.05) is 4.90 Å². The Morgan fingerprint density at radius 1 is 0.277 bits per heavy atom. The van der Waals surface area contributed by atoms with Crippen molar-refractivity contribution in [2.24, 2.45) is 0 Å². The maximum Gasteiger partial charge on any atom is 0.0991 e. The molecule has 0 amide bonds. The van der Waals surface area contributed by atoms with Gasteiger partial charge in [0.2, 0.25) is 0 Å². The normalized spacial score (nSPS) is 11.4. The lowest BCUT2D eigenvalue weighted by molar-refractivity contribution is 1.29. The van der Waals surface area contributed by atoms with Crippen molar-refractivity contribution >= 4 is 70.9 Å². The highest BCUT2D eigenvalue weighted by Crippen LogP contribution is 2.48. The molecule has 0 saturated carbocycles. The summed E-state index contributed by atoms with van der Waals surface area (Å²) in [4.78, 5) is 2.25. The minimum atomic E-state index is 0.638. The van der Waals surface area contributed by atoms with Gasteiger partial charge >= 0.3 is 0 Å². The van der Waals surface area contributed by atoms with Crippen LogP contribution in [0.1, 0.15) is 5.56 Å². The van der Waals surface area contributed by atoms with Gasteiger partial charge in [0.05, 0.1) is 11.6 Å². The molecule has 0 bridgehead atoms. The smallest absolute Gasteiger partial charge is 0.0991 e. The van der Waals surface area contributed by atoms with Crippen LogP contribution in [0.15, 0.2) is 243 Å². The van der Waals surface area contributed by atoms with Gasteiger partial charge in [0.15, 0.2) is 0 Å². The third kappa shape index (κ3) is 6.67. The van der Waals surface area contributed by atoms with E-state index >= 15 is 0 Å². The Labute approximate surface area is 378 Å². The van der Waals surface area contributed by atoms with E-state index in [0.29, 0.717) is 5.56 Å². The monoisotopic (exact) mass is 824 g/mol. The molecule has 12 aromatic rings. The maximum atomic E-state index is 9.52. The maximum absolute atomic E-state index is 9.52. The van der Waals surface area contributed by atoms with Gasteiger partial charge < -0.3 is 4.90 Å². The zero-order chi connectivity index (χ0) is 43.3. The van der Waals surface area contributed by atoms with E-state index in [0.717, 1.165) is 28.2 Å². The van der Waals surface area contributed by atoms with Gasteiger partial charge in [-0.2, -0.15) is 5.26 Å². The van der Waals surface area contributed by atoms with Crippen LogP contribution in [0.25, 0.3) is 98.4 Å². The van der Waals surface area contributed by atoms with Gasteiger partial charge in [0.1, 0.15) is 0 Å². The van der Waals surface area contributed by atoms with Crippen LogP contribution < -0.4 is 4.90 Å². The Kier molecular flexibility index (Phi) is 9.25. The van der Waals surface area contributed by atoms with E-state index in [2.05, 4.69) is 229 Å². The molecule has 65 heavy (non-hydrogen) atoms. The molecule has 0 spiro atoms. The predicted molar refractivity (Wildman–Crippen MR) is 275 cm³/mol. The molecule has 0 unspecified atom stereocenters. The summed E-state index contributed by atoms with van der Waals surface area (Å²) in [5, 5.41) is 21.8. The lowest BCUT2D eigenvalue weighted by Gasteiger charge is -2.26. The predicted octanol–water partition coefficient (Wildman–Crippen LogP) is 17.5. The van der Waals surface area contributed by atoms with Crippen molar-refractivity contribution in [1.82, 2.24) is 0 Å². The Bertz CT molecular complexity index is 3810. The molecule has 0 aliphatic rings. The summed E-state index contributed by atoms with van der Waals surface area (Å²) < 4.78 is 0. The molecule has 0 aliphatic carbocycles. The van der Waals surface area contributed by atoms with Crippen LogP contribution in [0.3, 0.4) is 0 Å². The number of benzene rings is 12. The Morgan fingerprint density at radius 3 is 1.28 bits per heavy atom. The van der Waals surface area contributed by atoms with E-state index in [1.54, 1.807) is 0 Å². The second-order valence-electron chi connectivity index (χ2n) is 16.8. The summed E-state index contributed by atoms with van der Waals surface area (Å²) in [7, 11) is 0. The summed E-state index contributed by atoms with van der Waals surface area (Å²) >= 11 is 0.